The van der Waals surface area contributed by atoms with Gasteiger partial charge in [0.1, 0.15) is 11.3 Å². The molecule has 2 aromatic rings. The number of unbranched alkanes of at least 4 members (excludes halogenated alkanes) is 2. The van der Waals surface area contributed by atoms with Crippen molar-refractivity contribution in [3.8, 4) is 5.75 Å². The van der Waals surface area contributed by atoms with Gasteiger partial charge in [-0.2, -0.15) is 0 Å². The van der Waals surface area contributed by atoms with Gasteiger partial charge >= 0.3 is 5.63 Å². The first kappa shape index (κ1) is 28.1. The summed E-state index contributed by atoms with van der Waals surface area (Å²) >= 11 is 0. The fourth-order valence-corrected chi connectivity index (χ4v) is 5.91. The molecule has 2 N–H and O–H groups in total. The van der Waals surface area contributed by atoms with Crippen molar-refractivity contribution in [2.75, 3.05) is 19.6 Å². The van der Waals surface area contributed by atoms with Crippen LogP contribution in [0.4, 0.5) is 0 Å². The molecule has 0 bridgehead atoms. The monoisotopic (exact) mass is 526 g/mol. The van der Waals surface area contributed by atoms with Crippen molar-refractivity contribution in [3.05, 3.63) is 39.2 Å². The fraction of sp³-hybridized carbons (Fsp3) is 0.633. The van der Waals surface area contributed by atoms with Gasteiger partial charge in [0.25, 0.3) is 5.91 Å². The van der Waals surface area contributed by atoms with Crippen LogP contribution < -0.4 is 15.7 Å². The fourth-order valence-electron chi connectivity index (χ4n) is 5.91. The number of aliphatic hydroxyl groups is 1. The SMILES string of the molecule is Cc1cc(O[C@@H](C)C(=O)NCCCCCC(=O)N2CC[C@]3(O)CCCC[C@@H]3C2)c2c(C)c(C)c(=O)oc2c1. The van der Waals surface area contributed by atoms with Crippen molar-refractivity contribution in [1.29, 1.82) is 0 Å². The molecular formula is C30H42N2O6. The second kappa shape index (κ2) is 11.9. The highest BCUT2D eigenvalue weighted by atomic mass is 16.5. The molecule has 1 aliphatic heterocycles. The summed E-state index contributed by atoms with van der Waals surface area (Å²) in [6.07, 6.45) is 7.01. The molecule has 0 radical (unpaired) electrons. The minimum atomic E-state index is -0.717. The maximum absolute atomic E-state index is 12.7. The van der Waals surface area contributed by atoms with E-state index in [9.17, 15) is 19.5 Å². The van der Waals surface area contributed by atoms with E-state index in [1.54, 1.807) is 19.9 Å². The second-order valence-corrected chi connectivity index (χ2v) is 11.3. The normalized spacial score (nSPS) is 22.1. The van der Waals surface area contributed by atoms with E-state index in [4.69, 9.17) is 9.15 Å². The van der Waals surface area contributed by atoms with Crippen molar-refractivity contribution in [2.24, 2.45) is 5.92 Å². The molecule has 8 nitrogen and oxygen atoms in total. The highest BCUT2D eigenvalue weighted by Crippen LogP contribution is 2.40. The number of hydrogen-bond acceptors (Lipinski definition) is 6. The Balaban J connectivity index is 1.19. The van der Waals surface area contributed by atoms with E-state index in [2.05, 4.69) is 5.32 Å². The van der Waals surface area contributed by atoms with Crippen LogP contribution in [0.1, 0.15) is 81.4 Å². The molecule has 2 heterocycles. The molecule has 2 fully saturated rings. The third kappa shape index (κ3) is 6.22. The standard InChI is InChI=1S/C30H42N2O6/c1-19-16-24(27-20(2)21(3)29(35)38-25(27)17-19)37-22(4)28(34)31-14-9-5-6-11-26(33)32-15-13-30(36)12-8-7-10-23(30)18-32/h16-17,22-23,36H,5-15,18H2,1-4H3,(H,31,34)/t22-,23+,30+/m0/s1. The topological polar surface area (TPSA) is 109 Å². The van der Waals surface area contributed by atoms with Crippen LogP contribution >= 0.6 is 0 Å². The van der Waals surface area contributed by atoms with Gasteiger partial charge in [0.15, 0.2) is 6.10 Å². The Bertz CT molecular complexity index is 1240. The number of piperidine rings is 1. The lowest BCUT2D eigenvalue weighted by atomic mass is 9.71. The minimum absolute atomic E-state index is 0.176. The molecule has 3 atom stereocenters. The molecule has 1 saturated carbocycles. The van der Waals surface area contributed by atoms with E-state index < -0.39 is 11.7 Å². The highest BCUT2D eigenvalue weighted by molar-refractivity contribution is 5.89. The van der Waals surface area contributed by atoms with E-state index >= 15 is 0 Å². The number of fused-ring (bicyclic) bond motifs is 2. The summed E-state index contributed by atoms with van der Waals surface area (Å²) in [7, 11) is 0. The number of ether oxygens (including phenoxy) is 1. The van der Waals surface area contributed by atoms with Gasteiger partial charge < -0.3 is 24.5 Å². The summed E-state index contributed by atoms with van der Waals surface area (Å²) in [5.74, 6) is 0.707. The van der Waals surface area contributed by atoms with Crippen molar-refractivity contribution < 1.29 is 23.8 Å². The largest absolute Gasteiger partial charge is 0.480 e. The predicted molar refractivity (Wildman–Crippen MR) is 146 cm³/mol. The molecule has 1 saturated heterocycles. The number of nitrogens with zero attached hydrogens (tertiary/aromatic N) is 1. The van der Waals surface area contributed by atoms with Crippen LogP contribution in [0, 0.1) is 26.7 Å². The van der Waals surface area contributed by atoms with Crippen molar-refractivity contribution in [2.45, 2.75) is 97.2 Å². The Morgan fingerprint density at radius 3 is 2.74 bits per heavy atom. The molecule has 0 spiro atoms. The minimum Gasteiger partial charge on any atom is -0.480 e. The summed E-state index contributed by atoms with van der Waals surface area (Å²) in [6.45, 7) is 9.02. The zero-order valence-corrected chi connectivity index (χ0v) is 23.2. The summed E-state index contributed by atoms with van der Waals surface area (Å²) < 4.78 is 11.5. The van der Waals surface area contributed by atoms with Crippen LogP contribution in [0.25, 0.3) is 11.0 Å². The number of likely N-dealkylation sites (tertiary alicyclic amines) is 1. The molecule has 1 aliphatic carbocycles. The van der Waals surface area contributed by atoms with Crippen LogP contribution in [0.15, 0.2) is 21.3 Å². The van der Waals surface area contributed by atoms with E-state index in [0.29, 0.717) is 54.8 Å². The van der Waals surface area contributed by atoms with Crippen LogP contribution in [0.2, 0.25) is 0 Å². The Morgan fingerprint density at radius 2 is 1.95 bits per heavy atom. The number of nitrogens with one attached hydrogen (secondary N) is 1. The summed E-state index contributed by atoms with van der Waals surface area (Å²) in [5, 5.41) is 14.5. The number of amides is 2. The number of rotatable bonds is 9. The van der Waals surface area contributed by atoms with Gasteiger partial charge in [-0.25, -0.2) is 4.79 Å². The van der Waals surface area contributed by atoms with Gasteiger partial charge in [0.2, 0.25) is 5.91 Å². The molecular weight excluding hydrogens is 484 g/mol. The zero-order valence-electron chi connectivity index (χ0n) is 23.2. The van der Waals surface area contributed by atoms with Crippen molar-refractivity contribution in [3.63, 3.8) is 0 Å². The van der Waals surface area contributed by atoms with Gasteiger partial charge in [0, 0.05) is 37.5 Å². The third-order valence-corrected chi connectivity index (χ3v) is 8.48. The van der Waals surface area contributed by atoms with Gasteiger partial charge in [-0.3, -0.25) is 9.59 Å². The molecule has 2 amide bonds. The van der Waals surface area contributed by atoms with Gasteiger partial charge in [-0.15, -0.1) is 0 Å². The lowest BCUT2D eigenvalue weighted by molar-refractivity contribution is -0.143. The summed E-state index contributed by atoms with van der Waals surface area (Å²) in [4.78, 5) is 39.4. The first-order valence-corrected chi connectivity index (χ1v) is 14.1. The molecule has 208 valence electrons. The Labute approximate surface area is 224 Å². The number of benzene rings is 1. The van der Waals surface area contributed by atoms with Crippen LogP contribution in [0.3, 0.4) is 0 Å². The predicted octanol–water partition coefficient (Wildman–Crippen LogP) is 4.32. The summed E-state index contributed by atoms with van der Waals surface area (Å²) in [6, 6.07) is 3.65. The Morgan fingerprint density at radius 1 is 1.16 bits per heavy atom. The summed E-state index contributed by atoms with van der Waals surface area (Å²) in [5.41, 5.74) is 1.71. The molecule has 4 rings (SSSR count). The first-order chi connectivity index (χ1) is 18.1. The van der Waals surface area contributed by atoms with E-state index in [0.717, 1.165) is 56.1 Å². The molecule has 1 aromatic heterocycles. The lowest BCUT2D eigenvalue weighted by Gasteiger charge is -2.47. The highest BCUT2D eigenvalue weighted by Gasteiger charge is 2.43. The van der Waals surface area contributed by atoms with Crippen molar-refractivity contribution >= 4 is 22.8 Å². The number of hydrogen-bond donors (Lipinski definition) is 2. The quantitative estimate of drug-likeness (QED) is 0.372. The first-order valence-electron chi connectivity index (χ1n) is 14.1. The van der Waals surface area contributed by atoms with Crippen LogP contribution in [-0.4, -0.2) is 53.2 Å². The van der Waals surface area contributed by atoms with Gasteiger partial charge in [-0.1, -0.05) is 19.3 Å². The average molecular weight is 527 g/mol. The van der Waals surface area contributed by atoms with E-state index in [-0.39, 0.29) is 23.4 Å². The average Bonchev–Trinajstić information content (AvgIpc) is 2.88. The van der Waals surface area contributed by atoms with Crippen LogP contribution in [0.5, 0.6) is 5.75 Å². The lowest BCUT2D eigenvalue weighted by Crippen LogP contribution is -2.54. The van der Waals surface area contributed by atoms with Gasteiger partial charge in [-0.05, 0) is 83.1 Å². The number of aryl methyl sites for hydroxylation is 2. The maximum Gasteiger partial charge on any atom is 0.339 e. The molecule has 0 unspecified atom stereocenters. The molecule has 2 aliphatic rings. The molecule has 38 heavy (non-hydrogen) atoms. The second-order valence-electron chi connectivity index (χ2n) is 11.3. The van der Waals surface area contributed by atoms with E-state index in [1.165, 1.54) is 0 Å². The van der Waals surface area contributed by atoms with E-state index in [1.807, 2.05) is 24.8 Å². The number of carbonyl (C=O) groups is 2. The zero-order chi connectivity index (χ0) is 27.4. The van der Waals surface area contributed by atoms with Crippen LogP contribution in [-0.2, 0) is 9.59 Å². The maximum atomic E-state index is 12.7. The molecule has 8 heteroatoms. The van der Waals surface area contributed by atoms with Crippen molar-refractivity contribution in [1.82, 2.24) is 10.2 Å². The third-order valence-electron chi connectivity index (χ3n) is 8.48. The number of carbonyl (C=O) groups excluding carboxylic acids is 2. The smallest absolute Gasteiger partial charge is 0.339 e. The Hall–Kier alpha value is -2.87. The van der Waals surface area contributed by atoms with Gasteiger partial charge in [0.05, 0.1) is 11.0 Å². The molecule has 1 aromatic carbocycles. The Kier molecular flexibility index (Phi) is 8.81.